The van der Waals surface area contributed by atoms with Crippen LogP contribution in [0.5, 0.6) is 0 Å². The molecule has 4 aliphatic rings. The zero-order chi connectivity index (χ0) is 46.3. The van der Waals surface area contributed by atoms with Crippen molar-refractivity contribution >= 4 is 51.4 Å². The number of fused-ring (bicyclic) bond motifs is 2. The Bertz CT molecular complexity index is 3150. The highest BCUT2D eigenvalue weighted by Crippen LogP contribution is 2.49. The molecule has 338 valence electrons. The van der Waals surface area contributed by atoms with Crippen molar-refractivity contribution in [3.8, 4) is 39.5 Å². The summed E-state index contributed by atoms with van der Waals surface area (Å²) in [4.78, 5) is 25.4. The van der Waals surface area contributed by atoms with Crippen LogP contribution in [0.15, 0.2) is 155 Å². The highest BCUT2D eigenvalue weighted by molar-refractivity contribution is 7.99. The molecule has 67 heavy (non-hydrogen) atoms. The normalized spacial score (nSPS) is 13.8. The Labute approximate surface area is 396 Å². The molecule has 6 aromatic rings. The van der Waals surface area contributed by atoms with Gasteiger partial charge in [-0.2, -0.15) is 13.7 Å². The molecule has 1 aliphatic carbocycles. The van der Waals surface area contributed by atoms with Crippen molar-refractivity contribution in [3.05, 3.63) is 151 Å². The Hall–Kier alpha value is -7.18. The van der Waals surface area contributed by atoms with Gasteiger partial charge in [0, 0.05) is 161 Å². The number of anilines is 4. The van der Waals surface area contributed by atoms with Crippen molar-refractivity contribution in [3.63, 3.8) is 0 Å². The fourth-order valence-corrected chi connectivity index (χ4v) is 10.8. The monoisotopic (exact) mass is 910 g/mol. The van der Waals surface area contributed by atoms with Crippen LogP contribution in [0.3, 0.4) is 0 Å². The Morgan fingerprint density at radius 3 is 1.72 bits per heavy atom. The summed E-state index contributed by atoms with van der Waals surface area (Å²) in [5, 5.41) is 14.1. The van der Waals surface area contributed by atoms with Crippen molar-refractivity contribution in [2.75, 3.05) is 88.1 Å². The third-order valence-corrected chi connectivity index (χ3v) is 14.3. The number of benzene rings is 4. The first-order chi connectivity index (χ1) is 32.5. The van der Waals surface area contributed by atoms with Crippen LogP contribution in [-0.2, 0) is 0 Å². The van der Waals surface area contributed by atoms with E-state index < -0.39 is 5.97 Å². The van der Waals surface area contributed by atoms with Crippen LogP contribution in [0.4, 0.5) is 22.7 Å². The number of hydrogen-bond donors (Lipinski definition) is 1. The molecule has 2 fully saturated rings. The second-order valence-electron chi connectivity index (χ2n) is 18.1. The van der Waals surface area contributed by atoms with Crippen LogP contribution in [-0.4, -0.2) is 79.5 Å². The lowest BCUT2D eigenvalue weighted by atomic mass is 9.87. The fourth-order valence-electron chi connectivity index (χ4n) is 9.66. The molecular weight excluding hydrogens is 853 g/mol. The van der Waals surface area contributed by atoms with Crippen LogP contribution in [0.25, 0.3) is 50.5 Å². The van der Waals surface area contributed by atoms with Crippen molar-refractivity contribution in [1.82, 2.24) is 4.58 Å². The van der Waals surface area contributed by atoms with Gasteiger partial charge in [-0.25, -0.2) is 9.37 Å². The summed E-state index contributed by atoms with van der Waals surface area (Å²) in [7, 11) is 12.1. The number of pyridine rings is 3. The number of hydrogen-bond acceptors (Lipinski definition) is 7. The molecule has 11 nitrogen and oxygen atoms in total. The molecule has 0 unspecified atom stereocenters. The maximum atomic E-state index is 14.9. The van der Waals surface area contributed by atoms with Gasteiger partial charge in [-0.3, -0.25) is 0 Å². The van der Waals surface area contributed by atoms with Crippen LogP contribution >= 0.6 is 11.8 Å². The molecule has 2 saturated heterocycles. The van der Waals surface area contributed by atoms with Gasteiger partial charge in [0.25, 0.3) is 5.69 Å². The minimum atomic E-state index is -1.05. The quantitative estimate of drug-likeness (QED) is 0.103. The zero-order valence-corrected chi connectivity index (χ0v) is 40.0. The fraction of sp³-hybridized carbons (Fsp3) is 0.255. The topological polar surface area (TPSA) is 78.0 Å². The van der Waals surface area contributed by atoms with Gasteiger partial charge in [0.1, 0.15) is 24.4 Å². The Morgan fingerprint density at radius 2 is 1.16 bits per heavy atom. The third kappa shape index (κ3) is 8.35. The van der Waals surface area contributed by atoms with E-state index in [4.69, 9.17) is 4.42 Å². The minimum absolute atomic E-state index is 0.166. The summed E-state index contributed by atoms with van der Waals surface area (Å²) in [5.41, 5.74) is 9.25. The van der Waals surface area contributed by atoms with Crippen LogP contribution in [0, 0.1) is 0 Å². The molecular formula is C55H58N8O3S+4. The molecule has 0 radical (unpaired) electrons. The van der Waals surface area contributed by atoms with E-state index in [1.54, 1.807) is 11.8 Å². The summed E-state index contributed by atoms with van der Waals surface area (Å²) >= 11 is 1.63. The van der Waals surface area contributed by atoms with E-state index in [0.29, 0.717) is 22.6 Å². The minimum Gasteiger partial charge on any atom is -0.477 e. The average molecular weight is 911 g/mol. The largest absolute Gasteiger partial charge is 0.477 e. The zero-order valence-electron chi connectivity index (χ0n) is 39.2. The first-order valence-corrected chi connectivity index (χ1v) is 24.0. The van der Waals surface area contributed by atoms with Crippen molar-refractivity contribution in [2.45, 2.75) is 35.5 Å². The van der Waals surface area contributed by atoms with E-state index in [1.165, 1.54) is 0 Å². The lowest BCUT2D eigenvalue weighted by Crippen LogP contribution is -2.43. The summed E-state index contributed by atoms with van der Waals surface area (Å²) in [5.74, 6) is -0.339. The van der Waals surface area contributed by atoms with Crippen LogP contribution in [0.2, 0.25) is 0 Å². The first-order valence-electron chi connectivity index (χ1n) is 23.1. The highest BCUT2D eigenvalue weighted by Gasteiger charge is 2.44. The van der Waals surface area contributed by atoms with Crippen molar-refractivity contribution in [2.24, 2.45) is 0 Å². The molecule has 6 heterocycles. The second-order valence-corrected chi connectivity index (χ2v) is 19.2. The van der Waals surface area contributed by atoms with E-state index in [1.807, 2.05) is 89.8 Å². The SMILES string of the molecule is CN(C)c1cc[n+](-c2c(Sc3ccccc3)c(-[n+]3ccc(N(C)C)cc3)c(-[n+]3ccc(N(C)C)cc3)c(C(=O)O)c2-c2c3ccc(=[N+]4CCCC4)cc-3oc3cc(N4CCCC4)ccc23)cc1. The summed E-state index contributed by atoms with van der Waals surface area (Å²) in [6.07, 6.45) is 16.7. The van der Waals surface area contributed by atoms with Gasteiger partial charge in [0.15, 0.2) is 47.6 Å². The molecule has 0 bridgehead atoms. The van der Waals surface area contributed by atoms with Gasteiger partial charge in [-0.1, -0.05) is 30.0 Å². The molecule has 0 atom stereocenters. The predicted octanol–water partition coefficient (Wildman–Crippen LogP) is 8.25. The number of aromatic carboxylic acids is 1. The number of aromatic nitrogens is 3. The maximum Gasteiger partial charge on any atom is 0.343 e. The average Bonchev–Trinajstić information content (AvgIpc) is 4.10. The standard InChI is InChI=1S/C55H57N8O3S/c1-56(2)38-20-30-61(31-21-38)51-50(55(64)65)49(48-44-18-16-41(59-26-10-11-27-59)36-46(44)66-47-37-42(17-19-45(47)48)60-28-12-13-29-60)52(62-32-22-39(23-33-62)57(3)4)54(67-43-14-8-7-9-15-43)53(51)63-34-24-40(25-35-63)58(5)6/h7-9,14-25,30-37H,10-13,26-29H2,1-6H3/q+3/p+1. The van der Waals surface area contributed by atoms with Crippen LogP contribution < -0.4 is 43.2 Å². The smallest absolute Gasteiger partial charge is 0.343 e. The second kappa shape index (κ2) is 18.2. The van der Waals surface area contributed by atoms with E-state index in [0.717, 1.165) is 118 Å². The molecule has 3 aromatic heterocycles. The lowest BCUT2D eigenvalue weighted by Gasteiger charge is -2.22. The molecule has 12 heteroatoms. The van der Waals surface area contributed by atoms with Gasteiger partial charge in [-0.15, -0.1) is 0 Å². The molecule has 0 saturated carbocycles. The molecule has 3 aromatic carbocycles. The maximum absolute atomic E-state index is 14.9. The third-order valence-electron chi connectivity index (χ3n) is 13.2. The van der Waals surface area contributed by atoms with Gasteiger partial charge < -0.3 is 29.1 Å². The van der Waals surface area contributed by atoms with E-state index in [-0.39, 0.29) is 5.56 Å². The van der Waals surface area contributed by atoms with Crippen molar-refractivity contribution < 1.29 is 28.0 Å². The van der Waals surface area contributed by atoms with Gasteiger partial charge in [0.2, 0.25) is 11.0 Å². The summed E-state index contributed by atoms with van der Waals surface area (Å²) in [6, 6.07) is 35.8. The van der Waals surface area contributed by atoms with Gasteiger partial charge in [0.05, 0.1) is 11.6 Å². The van der Waals surface area contributed by atoms with E-state index in [9.17, 15) is 9.90 Å². The van der Waals surface area contributed by atoms with Crippen molar-refractivity contribution in [1.29, 1.82) is 0 Å². The molecule has 0 spiro atoms. The predicted molar refractivity (Wildman–Crippen MR) is 269 cm³/mol. The molecule has 0 amide bonds. The lowest BCUT2D eigenvalue weighted by molar-refractivity contribution is -0.637. The molecule has 3 aliphatic heterocycles. The Kier molecular flexibility index (Phi) is 11.9. The highest BCUT2D eigenvalue weighted by atomic mass is 32.2. The Balaban J connectivity index is 1.43. The summed E-state index contributed by atoms with van der Waals surface area (Å²) < 4.78 is 15.7. The molecule has 1 N–H and O–H groups in total. The Morgan fingerprint density at radius 1 is 0.612 bits per heavy atom. The number of carbonyl (C=O) groups is 1. The number of carboxylic acid groups (broad SMARTS) is 1. The first kappa shape index (κ1) is 43.7. The number of carboxylic acids is 1. The summed E-state index contributed by atoms with van der Waals surface area (Å²) in [6.45, 7) is 3.94. The van der Waals surface area contributed by atoms with E-state index in [2.05, 4.69) is 131 Å². The van der Waals surface area contributed by atoms with Gasteiger partial charge in [-0.05, 0) is 43.2 Å². The number of nitrogens with zero attached hydrogens (tertiary/aromatic N) is 8. The van der Waals surface area contributed by atoms with Crippen LogP contribution in [0.1, 0.15) is 36.0 Å². The number of rotatable bonds is 11. The van der Waals surface area contributed by atoms with E-state index >= 15 is 0 Å². The van der Waals surface area contributed by atoms with Gasteiger partial charge >= 0.3 is 11.7 Å². The molecule has 10 rings (SSSR count).